The molecule has 0 atom stereocenters. The number of hydrogen-bond acceptors (Lipinski definition) is 2. The van der Waals surface area contributed by atoms with Crippen LogP contribution in [0.5, 0.6) is 0 Å². The van der Waals surface area contributed by atoms with Crippen LogP contribution in [0, 0.1) is 0 Å². The first kappa shape index (κ1) is 11.0. The molecule has 1 aliphatic heterocycles. The molecule has 0 radical (unpaired) electrons. The molecular weight excluding hydrogens is 160 g/mol. The van der Waals surface area contributed by atoms with Crippen molar-refractivity contribution in [3.63, 3.8) is 0 Å². The molecule has 0 saturated carbocycles. The minimum Gasteiger partial charge on any atom is -0.298 e. The lowest BCUT2D eigenvalue weighted by molar-refractivity contribution is 0.271. The second kappa shape index (κ2) is 5.61. The summed E-state index contributed by atoms with van der Waals surface area (Å²) in [5.41, 5.74) is 0.298. The molecule has 1 fully saturated rings. The lowest BCUT2D eigenvalue weighted by Gasteiger charge is -2.30. The largest absolute Gasteiger partial charge is 0.298 e. The molecule has 1 rings (SSSR count). The molecule has 0 aromatic carbocycles. The summed E-state index contributed by atoms with van der Waals surface area (Å²) in [7, 11) is 0. The molecule has 0 aliphatic carbocycles. The van der Waals surface area contributed by atoms with E-state index >= 15 is 0 Å². The van der Waals surface area contributed by atoms with Gasteiger partial charge in [-0.05, 0) is 12.8 Å². The van der Waals surface area contributed by atoms with E-state index in [1.54, 1.807) is 0 Å². The van der Waals surface area contributed by atoms with Crippen LogP contribution in [-0.2, 0) is 0 Å². The van der Waals surface area contributed by atoms with E-state index in [4.69, 9.17) is 0 Å². The van der Waals surface area contributed by atoms with Gasteiger partial charge in [0.1, 0.15) is 0 Å². The first-order chi connectivity index (χ1) is 6.33. The Hall–Kier alpha value is -0.0800. The molecule has 13 heavy (non-hydrogen) atoms. The van der Waals surface area contributed by atoms with Crippen molar-refractivity contribution in [2.75, 3.05) is 13.1 Å². The zero-order valence-electron chi connectivity index (χ0n) is 9.16. The molecule has 1 aliphatic rings. The highest BCUT2D eigenvalue weighted by Gasteiger charge is 2.30. The minimum absolute atomic E-state index is 0.298. The Balaban J connectivity index is 2.33. The molecule has 0 aromatic heterocycles. The van der Waals surface area contributed by atoms with Gasteiger partial charge in [0.25, 0.3) is 0 Å². The van der Waals surface area contributed by atoms with Crippen LogP contribution in [0.1, 0.15) is 52.4 Å². The fourth-order valence-electron chi connectivity index (χ4n) is 2.10. The van der Waals surface area contributed by atoms with Gasteiger partial charge in [-0.1, -0.05) is 39.5 Å². The van der Waals surface area contributed by atoms with Crippen molar-refractivity contribution in [2.24, 2.45) is 0 Å². The summed E-state index contributed by atoms with van der Waals surface area (Å²) >= 11 is 0. The Morgan fingerprint density at radius 2 is 1.38 bits per heavy atom. The Morgan fingerprint density at radius 3 is 1.77 bits per heavy atom. The van der Waals surface area contributed by atoms with Crippen molar-refractivity contribution in [2.45, 2.75) is 58.0 Å². The van der Waals surface area contributed by atoms with Crippen LogP contribution in [-0.4, -0.2) is 18.8 Å². The summed E-state index contributed by atoms with van der Waals surface area (Å²) < 4.78 is 0. The summed E-state index contributed by atoms with van der Waals surface area (Å²) in [5.74, 6) is 0. The van der Waals surface area contributed by atoms with E-state index in [2.05, 4.69) is 24.5 Å². The number of nitrogens with one attached hydrogen (secondary N) is 2. The molecule has 1 saturated heterocycles. The lowest BCUT2D eigenvalue weighted by Crippen LogP contribution is -2.48. The van der Waals surface area contributed by atoms with Crippen LogP contribution >= 0.6 is 0 Å². The maximum Gasteiger partial charge on any atom is 0.0688 e. The Morgan fingerprint density at radius 1 is 0.923 bits per heavy atom. The second-order valence-corrected chi connectivity index (χ2v) is 4.14. The van der Waals surface area contributed by atoms with Gasteiger partial charge in [0, 0.05) is 13.1 Å². The van der Waals surface area contributed by atoms with E-state index in [1.807, 2.05) is 0 Å². The van der Waals surface area contributed by atoms with Crippen molar-refractivity contribution >= 4 is 0 Å². The van der Waals surface area contributed by atoms with E-state index in [0.717, 1.165) is 13.1 Å². The van der Waals surface area contributed by atoms with Crippen LogP contribution < -0.4 is 10.6 Å². The lowest BCUT2D eigenvalue weighted by atomic mass is 9.97. The number of unbranched alkanes of at least 4 members (excludes halogenated alkanes) is 2. The fraction of sp³-hybridized carbons (Fsp3) is 1.00. The summed E-state index contributed by atoms with van der Waals surface area (Å²) in [6.45, 7) is 6.83. The van der Waals surface area contributed by atoms with Gasteiger partial charge in [0.2, 0.25) is 0 Å². The molecule has 78 valence electrons. The van der Waals surface area contributed by atoms with E-state index < -0.39 is 0 Å². The Bertz CT molecular complexity index is 118. The first-order valence-corrected chi connectivity index (χ1v) is 5.83. The monoisotopic (exact) mass is 184 g/mol. The first-order valence-electron chi connectivity index (χ1n) is 5.83. The summed E-state index contributed by atoms with van der Waals surface area (Å²) in [5, 5.41) is 7.26. The third-order valence-electron chi connectivity index (χ3n) is 2.97. The predicted molar refractivity (Wildman–Crippen MR) is 57.8 cm³/mol. The second-order valence-electron chi connectivity index (χ2n) is 4.14. The molecule has 2 nitrogen and oxygen atoms in total. The standard InChI is InChI=1S/C11H24N2/c1-3-5-7-11(8-6-4-2)12-9-10-13-11/h12-13H,3-10H2,1-2H3. The zero-order chi connectivity index (χ0) is 9.57. The van der Waals surface area contributed by atoms with E-state index in [-0.39, 0.29) is 0 Å². The van der Waals surface area contributed by atoms with Crippen molar-refractivity contribution in [3.8, 4) is 0 Å². The maximum absolute atomic E-state index is 3.63. The van der Waals surface area contributed by atoms with E-state index in [9.17, 15) is 0 Å². The van der Waals surface area contributed by atoms with Crippen LogP contribution in [0.4, 0.5) is 0 Å². The highest BCUT2D eigenvalue weighted by molar-refractivity contribution is 4.90. The summed E-state index contributed by atoms with van der Waals surface area (Å²) in [4.78, 5) is 0. The molecule has 2 N–H and O–H groups in total. The molecule has 2 heteroatoms. The molecule has 0 spiro atoms. The van der Waals surface area contributed by atoms with Crippen LogP contribution in [0.15, 0.2) is 0 Å². The normalized spacial score (nSPS) is 20.8. The van der Waals surface area contributed by atoms with Gasteiger partial charge in [-0.15, -0.1) is 0 Å². The van der Waals surface area contributed by atoms with Gasteiger partial charge in [-0.25, -0.2) is 0 Å². The van der Waals surface area contributed by atoms with Gasteiger partial charge in [0.05, 0.1) is 5.66 Å². The van der Waals surface area contributed by atoms with Crippen LogP contribution in [0.25, 0.3) is 0 Å². The quantitative estimate of drug-likeness (QED) is 0.661. The smallest absolute Gasteiger partial charge is 0.0688 e. The van der Waals surface area contributed by atoms with Gasteiger partial charge < -0.3 is 0 Å². The average molecular weight is 184 g/mol. The molecule has 0 aromatic rings. The van der Waals surface area contributed by atoms with Crippen molar-refractivity contribution in [1.82, 2.24) is 10.6 Å². The van der Waals surface area contributed by atoms with Crippen molar-refractivity contribution in [3.05, 3.63) is 0 Å². The van der Waals surface area contributed by atoms with Gasteiger partial charge in [0.15, 0.2) is 0 Å². The molecular formula is C11H24N2. The third-order valence-corrected chi connectivity index (χ3v) is 2.97. The third kappa shape index (κ3) is 3.28. The molecule has 0 bridgehead atoms. The minimum atomic E-state index is 0.298. The van der Waals surface area contributed by atoms with E-state index in [1.165, 1.54) is 38.5 Å². The average Bonchev–Trinajstić information content (AvgIpc) is 2.61. The van der Waals surface area contributed by atoms with Gasteiger partial charge >= 0.3 is 0 Å². The summed E-state index contributed by atoms with van der Waals surface area (Å²) in [6, 6.07) is 0. The summed E-state index contributed by atoms with van der Waals surface area (Å²) in [6.07, 6.45) is 7.87. The maximum atomic E-state index is 3.63. The Kier molecular flexibility index (Phi) is 4.74. The van der Waals surface area contributed by atoms with Gasteiger partial charge in [-0.2, -0.15) is 0 Å². The number of rotatable bonds is 6. The zero-order valence-corrected chi connectivity index (χ0v) is 9.16. The SMILES string of the molecule is CCCCC1(CCCC)NCCN1. The highest BCUT2D eigenvalue weighted by atomic mass is 15.2. The predicted octanol–water partition coefficient (Wildman–Crippen LogP) is 2.26. The van der Waals surface area contributed by atoms with Crippen molar-refractivity contribution in [1.29, 1.82) is 0 Å². The molecule has 0 amide bonds. The topological polar surface area (TPSA) is 24.1 Å². The molecule has 1 heterocycles. The van der Waals surface area contributed by atoms with Crippen molar-refractivity contribution < 1.29 is 0 Å². The Labute approximate surface area is 82.5 Å². The fourth-order valence-corrected chi connectivity index (χ4v) is 2.10. The number of hydrogen-bond donors (Lipinski definition) is 2. The highest BCUT2D eigenvalue weighted by Crippen LogP contribution is 2.20. The van der Waals surface area contributed by atoms with Crippen LogP contribution in [0.3, 0.4) is 0 Å². The van der Waals surface area contributed by atoms with Gasteiger partial charge in [-0.3, -0.25) is 10.6 Å². The van der Waals surface area contributed by atoms with E-state index in [0.29, 0.717) is 5.66 Å². The molecule has 0 unspecified atom stereocenters. The van der Waals surface area contributed by atoms with Crippen LogP contribution in [0.2, 0.25) is 0 Å².